The van der Waals surface area contributed by atoms with Gasteiger partial charge < -0.3 is 5.11 Å². The van der Waals surface area contributed by atoms with Crippen molar-refractivity contribution in [2.45, 2.75) is 6.54 Å². The summed E-state index contributed by atoms with van der Waals surface area (Å²) in [5, 5.41) is 12.0. The third-order valence-corrected chi connectivity index (χ3v) is 6.40. The molecule has 3 aromatic carbocycles. The third kappa shape index (κ3) is 3.62. The Hall–Kier alpha value is -2.09. The first-order valence-corrected chi connectivity index (χ1v) is 10.7. The Kier molecular flexibility index (Phi) is 5.31. The van der Waals surface area contributed by atoms with Crippen molar-refractivity contribution in [2.24, 2.45) is 0 Å². The Balaban J connectivity index is 1.66. The molecular formula is C21H13Br2NO3S. The molecule has 4 nitrogen and oxygen atoms in total. The molecule has 1 N–H and O–H groups in total. The fourth-order valence-electron chi connectivity index (χ4n) is 3.07. The standard InChI is InChI=1S/C21H13Br2NO3S/c22-15-8-14(19(25)17(23)10-15)9-18-20(26)24(21(27)28-18)11-13-6-3-5-12-4-1-2-7-16(12)13/h1-10,25H,11H2/b18-9+. The molecule has 1 aliphatic heterocycles. The zero-order chi connectivity index (χ0) is 19.8. The number of thioether (sulfide) groups is 1. The summed E-state index contributed by atoms with van der Waals surface area (Å²) in [6.45, 7) is 0.206. The van der Waals surface area contributed by atoms with Gasteiger partial charge in [-0.05, 0) is 62.2 Å². The van der Waals surface area contributed by atoms with Gasteiger partial charge in [-0.25, -0.2) is 0 Å². The van der Waals surface area contributed by atoms with Crippen molar-refractivity contribution < 1.29 is 14.7 Å². The molecule has 1 fully saturated rings. The number of halogens is 2. The maximum atomic E-state index is 12.9. The topological polar surface area (TPSA) is 57.6 Å². The summed E-state index contributed by atoms with van der Waals surface area (Å²) >= 11 is 7.52. The molecule has 4 rings (SSSR count). The molecule has 2 amide bonds. The van der Waals surface area contributed by atoms with Crippen molar-refractivity contribution in [3.8, 4) is 5.75 Å². The minimum Gasteiger partial charge on any atom is -0.506 e. The molecule has 0 aromatic heterocycles. The number of amides is 2. The molecule has 1 aliphatic rings. The lowest BCUT2D eigenvalue weighted by Crippen LogP contribution is -2.27. The summed E-state index contributed by atoms with van der Waals surface area (Å²) in [6, 6.07) is 17.1. The molecule has 140 valence electrons. The molecule has 1 heterocycles. The molecule has 0 radical (unpaired) electrons. The van der Waals surface area contributed by atoms with E-state index in [4.69, 9.17) is 0 Å². The summed E-state index contributed by atoms with van der Waals surface area (Å²) in [5.74, 6) is -0.345. The Morgan fingerprint density at radius 1 is 1.04 bits per heavy atom. The predicted octanol–water partition coefficient (Wildman–Crippen LogP) is 6.31. The number of carbonyl (C=O) groups is 2. The third-order valence-electron chi connectivity index (χ3n) is 4.43. The van der Waals surface area contributed by atoms with Crippen LogP contribution in [-0.4, -0.2) is 21.2 Å². The molecule has 0 spiro atoms. The Morgan fingerprint density at radius 3 is 2.61 bits per heavy atom. The van der Waals surface area contributed by atoms with E-state index >= 15 is 0 Å². The van der Waals surface area contributed by atoms with Gasteiger partial charge in [0.2, 0.25) is 0 Å². The number of benzene rings is 3. The number of phenols is 1. The average Bonchev–Trinajstić information content (AvgIpc) is 2.93. The Bertz CT molecular complexity index is 1150. The average molecular weight is 519 g/mol. The molecule has 3 aromatic rings. The summed E-state index contributed by atoms with van der Waals surface area (Å²) in [4.78, 5) is 26.9. The lowest BCUT2D eigenvalue weighted by Gasteiger charge is -2.14. The largest absolute Gasteiger partial charge is 0.506 e. The van der Waals surface area contributed by atoms with E-state index in [2.05, 4.69) is 31.9 Å². The molecule has 0 saturated carbocycles. The lowest BCUT2D eigenvalue weighted by molar-refractivity contribution is -0.123. The molecule has 0 aliphatic carbocycles. The van der Waals surface area contributed by atoms with Gasteiger partial charge in [0.1, 0.15) is 5.75 Å². The number of aromatic hydroxyl groups is 1. The number of hydrogen-bond acceptors (Lipinski definition) is 4. The van der Waals surface area contributed by atoms with Gasteiger partial charge in [0, 0.05) is 10.0 Å². The predicted molar refractivity (Wildman–Crippen MR) is 119 cm³/mol. The fourth-order valence-corrected chi connectivity index (χ4v) is 5.16. The van der Waals surface area contributed by atoms with Gasteiger partial charge >= 0.3 is 0 Å². The van der Waals surface area contributed by atoms with Crippen molar-refractivity contribution in [1.29, 1.82) is 0 Å². The number of imide groups is 1. The van der Waals surface area contributed by atoms with Crippen LogP contribution < -0.4 is 0 Å². The van der Waals surface area contributed by atoms with Crippen LogP contribution in [0.15, 0.2) is 68.4 Å². The van der Waals surface area contributed by atoms with Crippen LogP contribution in [0.2, 0.25) is 0 Å². The second-order valence-electron chi connectivity index (χ2n) is 6.23. The van der Waals surface area contributed by atoms with Crippen LogP contribution in [0.4, 0.5) is 4.79 Å². The van der Waals surface area contributed by atoms with Crippen molar-refractivity contribution in [3.63, 3.8) is 0 Å². The van der Waals surface area contributed by atoms with Gasteiger partial charge in [-0.1, -0.05) is 58.4 Å². The number of carbonyl (C=O) groups excluding carboxylic acids is 2. The Morgan fingerprint density at radius 2 is 1.79 bits per heavy atom. The van der Waals surface area contributed by atoms with Gasteiger partial charge in [0.05, 0.1) is 15.9 Å². The van der Waals surface area contributed by atoms with Crippen molar-refractivity contribution in [3.05, 3.63) is 79.6 Å². The van der Waals surface area contributed by atoms with Gasteiger partial charge in [0.25, 0.3) is 11.1 Å². The van der Waals surface area contributed by atoms with E-state index in [1.54, 1.807) is 18.2 Å². The monoisotopic (exact) mass is 517 g/mol. The van der Waals surface area contributed by atoms with Crippen molar-refractivity contribution >= 4 is 71.6 Å². The maximum absolute atomic E-state index is 12.9. The highest BCUT2D eigenvalue weighted by Gasteiger charge is 2.35. The van der Waals surface area contributed by atoms with Gasteiger partial charge in [-0.15, -0.1) is 0 Å². The van der Waals surface area contributed by atoms with E-state index in [1.165, 1.54) is 4.90 Å². The van der Waals surface area contributed by atoms with Crippen LogP contribution >= 0.6 is 43.6 Å². The molecule has 0 unspecified atom stereocenters. The van der Waals surface area contributed by atoms with E-state index in [-0.39, 0.29) is 28.3 Å². The van der Waals surface area contributed by atoms with Crippen LogP contribution in [0.3, 0.4) is 0 Å². The molecule has 1 saturated heterocycles. The Labute approximate surface area is 182 Å². The molecule has 0 bridgehead atoms. The molecule has 0 atom stereocenters. The SMILES string of the molecule is O=C1S/C(=C/c2cc(Br)cc(Br)c2O)C(=O)N1Cc1cccc2ccccc12. The summed E-state index contributed by atoms with van der Waals surface area (Å²) in [7, 11) is 0. The van der Waals surface area contributed by atoms with E-state index in [0.29, 0.717) is 10.0 Å². The first-order valence-electron chi connectivity index (χ1n) is 8.34. The van der Waals surface area contributed by atoms with Crippen LogP contribution in [-0.2, 0) is 11.3 Å². The second kappa shape index (κ2) is 7.73. The van der Waals surface area contributed by atoms with Crippen molar-refractivity contribution in [2.75, 3.05) is 0 Å². The van der Waals surface area contributed by atoms with Gasteiger partial charge in [-0.3, -0.25) is 14.5 Å². The van der Waals surface area contributed by atoms with Crippen LogP contribution in [0, 0.1) is 0 Å². The van der Waals surface area contributed by atoms with E-state index in [1.807, 2.05) is 42.5 Å². The first kappa shape index (κ1) is 19.2. The molecule has 7 heteroatoms. The lowest BCUT2D eigenvalue weighted by atomic mass is 10.0. The summed E-state index contributed by atoms with van der Waals surface area (Å²) < 4.78 is 1.25. The smallest absolute Gasteiger partial charge is 0.293 e. The highest BCUT2D eigenvalue weighted by Crippen LogP contribution is 2.38. The minimum absolute atomic E-state index is 0.0176. The zero-order valence-electron chi connectivity index (χ0n) is 14.4. The normalized spacial score (nSPS) is 15.8. The number of fused-ring (bicyclic) bond motifs is 1. The zero-order valence-corrected chi connectivity index (χ0v) is 18.3. The number of rotatable bonds is 3. The maximum Gasteiger partial charge on any atom is 0.293 e. The summed E-state index contributed by atoms with van der Waals surface area (Å²) in [6.07, 6.45) is 1.54. The van der Waals surface area contributed by atoms with Crippen LogP contribution in [0.1, 0.15) is 11.1 Å². The minimum atomic E-state index is -0.363. The first-order chi connectivity index (χ1) is 13.4. The highest BCUT2D eigenvalue weighted by molar-refractivity contribution is 9.11. The van der Waals surface area contributed by atoms with Crippen LogP contribution in [0.5, 0.6) is 5.75 Å². The fraction of sp³-hybridized carbons (Fsp3) is 0.0476. The van der Waals surface area contributed by atoms with E-state index < -0.39 is 0 Å². The van der Waals surface area contributed by atoms with E-state index in [9.17, 15) is 14.7 Å². The second-order valence-corrected chi connectivity index (χ2v) is 8.99. The molecule has 28 heavy (non-hydrogen) atoms. The van der Waals surface area contributed by atoms with E-state index in [0.717, 1.165) is 32.6 Å². The number of nitrogens with zero attached hydrogens (tertiary/aromatic N) is 1. The molecular weight excluding hydrogens is 506 g/mol. The quantitative estimate of drug-likeness (QED) is 0.413. The van der Waals surface area contributed by atoms with Crippen molar-refractivity contribution in [1.82, 2.24) is 4.90 Å². The highest BCUT2D eigenvalue weighted by atomic mass is 79.9. The number of hydrogen-bond donors (Lipinski definition) is 1. The van der Waals surface area contributed by atoms with Gasteiger partial charge in [-0.2, -0.15) is 0 Å². The van der Waals surface area contributed by atoms with Gasteiger partial charge in [0.15, 0.2) is 0 Å². The van der Waals surface area contributed by atoms with Crippen LogP contribution in [0.25, 0.3) is 16.8 Å². The summed E-state index contributed by atoms with van der Waals surface area (Å²) in [5.41, 5.74) is 1.37. The number of phenolic OH excluding ortho intramolecular Hbond substituents is 1.